The number of carbonyl (C=O) groups is 1. The molecule has 0 unspecified atom stereocenters. The van der Waals surface area contributed by atoms with Crippen LogP contribution >= 0.6 is 0 Å². The summed E-state index contributed by atoms with van der Waals surface area (Å²) < 4.78 is 10.8. The van der Waals surface area contributed by atoms with Crippen molar-refractivity contribution in [1.82, 2.24) is 5.32 Å². The summed E-state index contributed by atoms with van der Waals surface area (Å²) >= 11 is 0. The molecule has 0 saturated heterocycles. The zero-order valence-corrected chi connectivity index (χ0v) is 14.6. The Kier molecular flexibility index (Phi) is 6.67. The molecule has 2 aromatic rings. The number of nitrogens with one attached hydrogen (secondary N) is 1. The Morgan fingerprint density at radius 2 is 1.62 bits per heavy atom. The van der Waals surface area contributed by atoms with Crippen molar-refractivity contribution in [2.24, 2.45) is 0 Å². The molecule has 0 spiro atoms. The molecule has 0 saturated carbocycles. The lowest BCUT2D eigenvalue weighted by Gasteiger charge is -2.12. The number of carbonyl (C=O) groups excluding carboxylic acids is 1. The van der Waals surface area contributed by atoms with Crippen LogP contribution < -0.4 is 14.8 Å². The van der Waals surface area contributed by atoms with Gasteiger partial charge in [0.05, 0.1) is 20.1 Å². The molecule has 128 valence electrons. The molecular weight excluding hydrogens is 302 g/mol. The molecule has 0 aliphatic carbocycles. The third-order valence-corrected chi connectivity index (χ3v) is 3.81. The first-order valence-corrected chi connectivity index (χ1v) is 8.30. The Bertz CT molecular complexity index is 665. The number of amides is 1. The van der Waals surface area contributed by atoms with Crippen molar-refractivity contribution >= 4 is 5.91 Å². The van der Waals surface area contributed by atoms with Crippen LogP contribution in [0.1, 0.15) is 30.5 Å². The molecule has 0 fully saturated rings. The fourth-order valence-corrected chi connectivity index (χ4v) is 2.44. The van der Waals surface area contributed by atoms with Crippen molar-refractivity contribution in [2.45, 2.75) is 33.2 Å². The van der Waals surface area contributed by atoms with Crippen LogP contribution in [-0.4, -0.2) is 19.6 Å². The maximum Gasteiger partial charge on any atom is 0.224 e. The predicted octanol–water partition coefficient (Wildman–Crippen LogP) is 3.52. The quantitative estimate of drug-likeness (QED) is 0.807. The third kappa shape index (κ3) is 5.01. The van der Waals surface area contributed by atoms with Gasteiger partial charge in [0.1, 0.15) is 0 Å². The molecule has 0 radical (unpaired) electrons. The summed E-state index contributed by atoms with van der Waals surface area (Å²) in [5.41, 5.74) is 3.28. The average Bonchev–Trinajstić information content (AvgIpc) is 2.61. The molecule has 1 N–H and O–H groups in total. The van der Waals surface area contributed by atoms with Crippen LogP contribution in [0.4, 0.5) is 0 Å². The number of hydrogen-bond donors (Lipinski definition) is 1. The van der Waals surface area contributed by atoms with Crippen molar-refractivity contribution in [3.63, 3.8) is 0 Å². The summed E-state index contributed by atoms with van der Waals surface area (Å²) in [6.07, 6.45) is 1.39. The zero-order chi connectivity index (χ0) is 17.4. The molecule has 4 heteroatoms. The number of ether oxygens (including phenoxy) is 2. The van der Waals surface area contributed by atoms with Crippen molar-refractivity contribution in [2.75, 3.05) is 13.7 Å². The second-order valence-corrected chi connectivity index (χ2v) is 5.54. The Morgan fingerprint density at radius 1 is 0.958 bits per heavy atom. The largest absolute Gasteiger partial charge is 0.493 e. The second kappa shape index (κ2) is 8.96. The van der Waals surface area contributed by atoms with E-state index in [0.717, 1.165) is 17.5 Å². The highest BCUT2D eigenvalue weighted by Gasteiger charge is 2.07. The van der Waals surface area contributed by atoms with Gasteiger partial charge >= 0.3 is 0 Å². The molecule has 0 aliphatic rings. The van der Waals surface area contributed by atoms with E-state index in [1.807, 2.05) is 37.3 Å². The van der Waals surface area contributed by atoms with Gasteiger partial charge in [-0.15, -0.1) is 0 Å². The highest BCUT2D eigenvalue weighted by molar-refractivity contribution is 5.78. The van der Waals surface area contributed by atoms with Gasteiger partial charge in [-0.05, 0) is 42.2 Å². The summed E-state index contributed by atoms with van der Waals surface area (Å²) in [6, 6.07) is 13.9. The van der Waals surface area contributed by atoms with Gasteiger partial charge in [-0.2, -0.15) is 0 Å². The maximum absolute atomic E-state index is 12.1. The van der Waals surface area contributed by atoms with Gasteiger partial charge in [0, 0.05) is 6.54 Å². The highest BCUT2D eigenvalue weighted by atomic mass is 16.5. The summed E-state index contributed by atoms with van der Waals surface area (Å²) in [5, 5.41) is 2.95. The van der Waals surface area contributed by atoms with Crippen molar-refractivity contribution in [3.8, 4) is 11.5 Å². The first-order valence-electron chi connectivity index (χ1n) is 8.30. The molecule has 0 heterocycles. The maximum atomic E-state index is 12.1. The summed E-state index contributed by atoms with van der Waals surface area (Å²) in [4.78, 5) is 12.1. The van der Waals surface area contributed by atoms with E-state index in [1.54, 1.807) is 7.11 Å². The van der Waals surface area contributed by atoms with Gasteiger partial charge in [-0.25, -0.2) is 0 Å². The van der Waals surface area contributed by atoms with Gasteiger partial charge < -0.3 is 14.8 Å². The average molecular weight is 327 g/mol. The smallest absolute Gasteiger partial charge is 0.224 e. The molecule has 1 amide bonds. The number of aryl methyl sites for hydroxylation is 1. The van der Waals surface area contributed by atoms with Crippen LogP contribution in [-0.2, 0) is 24.2 Å². The SMILES string of the molecule is CCOc1cc(CNC(=O)Cc2ccc(CC)cc2)ccc1OC. The van der Waals surface area contributed by atoms with Crippen LogP contribution in [0.5, 0.6) is 11.5 Å². The van der Waals surface area contributed by atoms with Gasteiger partial charge in [0.2, 0.25) is 5.91 Å². The van der Waals surface area contributed by atoms with Crippen LogP contribution in [0.3, 0.4) is 0 Å². The van der Waals surface area contributed by atoms with E-state index in [2.05, 4.69) is 24.4 Å². The van der Waals surface area contributed by atoms with Gasteiger partial charge in [-0.1, -0.05) is 37.3 Å². The van der Waals surface area contributed by atoms with Crippen molar-refractivity contribution in [1.29, 1.82) is 0 Å². The molecule has 0 aliphatic heterocycles. The van der Waals surface area contributed by atoms with Crippen LogP contribution in [0, 0.1) is 0 Å². The normalized spacial score (nSPS) is 10.3. The molecule has 0 aromatic heterocycles. The number of hydrogen-bond acceptors (Lipinski definition) is 3. The summed E-state index contributed by atoms with van der Waals surface area (Å²) in [6.45, 7) is 5.08. The zero-order valence-electron chi connectivity index (χ0n) is 14.6. The topological polar surface area (TPSA) is 47.6 Å². The number of methoxy groups -OCH3 is 1. The summed E-state index contributed by atoms with van der Waals surface area (Å²) in [5.74, 6) is 1.40. The van der Waals surface area contributed by atoms with Crippen LogP contribution in [0.2, 0.25) is 0 Å². The van der Waals surface area contributed by atoms with E-state index >= 15 is 0 Å². The fourth-order valence-electron chi connectivity index (χ4n) is 2.44. The lowest BCUT2D eigenvalue weighted by molar-refractivity contribution is -0.120. The van der Waals surface area contributed by atoms with Gasteiger partial charge in [0.25, 0.3) is 0 Å². The number of benzene rings is 2. The lowest BCUT2D eigenvalue weighted by Crippen LogP contribution is -2.24. The molecule has 2 aromatic carbocycles. The second-order valence-electron chi connectivity index (χ2n) is 5.54. The van der Waals surface area contributed by atoms with E-state index in [-0.39, 0.29) is 5.91 Å². The third-order valence-electron chi connectivity index (χ3n) is 3.81. The van der Waals surface area contributed by atoms with Crippen LogP contribution in [0.25, 0.3) is 0 Å². The van der Waals surface area contributed by atoms with Crippen molar-refractivity contribution in [3.05, 3.63) is 59.2 Å². The van der Waals surface area contributed by atoms with E-state index in [9.17, 15) is 4.79 Å². The lowest BCUT2D eigenvalue weighted by atomic mass is 10.1. The van der Waals surface area contributed by atoms with Crippen molar-refractivity contribution < 1.29 is 14.3 Å². The molecule has 2 rings (SSSR count). The highest BCUT2D eigenvalue weighted by Crippen LogP contribution is 2.27. The summed E-state index contributed by atoms with van der Waals surface area (Å²) in [7, 11) is 1.61. The fraction of sp³-hybridized carbons (Fsp3) is 0.350. The standard InChI is InChI=1S/C20H25NO3/c1-4-15-6-8-16(9-7-15)13-20(22)21-14-17-10-11-18(23-3)19(12-17)24-5-2/h6-12H,4-5,13-14H2,1-3H3,(H,21,22). The van der Waals surface area contributed by atoms with E-state index in [4.69, 9.17) is 9.47 Å². The Labute approximate surface area is 143 Å². The first-order chi connectivity index (χ1) is 11.7. The van der Waals surface area contributed by atoms with E-state index < -0.39 is 0 Å². The molecule has 4 nitrogen and oxygen atoms in total. The Morgan fingerprint density at radius 3 is 2.25 bits per heavy atom. The van der Waals surface area contributed by atoms with E-state index in [0.29, 0.717) is 31.1 Å². The molecular formula is C20H25NO3. The first kappa shape index (κ1) is 17.9. The molecule has 0 atom stereocenters. The van der Waals surface area contributed by atoms with Gasteiger partial charge in [-0.3, -0.25) is 4.79 Å². The van der Waals surface area contributed by atoms with Gasteiger partial charge in [0.15, 0.2) is 11.5 Å². The molecule has 0 bridgehead atoms. The minimum atomic E-state index is 0.00743. The monoisotopic (exact) mass is 327 g/mol. The molecule has 24 heavy (non-hydrogen) atoms. The Hall–Kier alpha value is -2.49. The predicted molar refractivity (Wildman–Crippen MR) is 95.5 cm³/mol. The minimum absolute atomic E-state index is 0.00743. The van der Waals surface area contributed by atoms with Crippen LogP contribution in [0.15, 0.2) is 42.5 Å². The minimum Gasteiger partial charge on any atom is -0.493 e. The van der Waals surface area contributed by atoms with E-state index in [1.165, 1.54) is 5.56 Å². The number of rotatable bonds is 8. The Balaban J connectivity index is 1.92.